The van der Waals surface area contributed by atoms with E-state index >= 15 is 0 Å². The van der Waals surface area contributed by atoms with Gasteiger partial charge < -0.3 is 15.8 Å². The molecule has 0 unspecified atom stereocenters. The normalized spacial score (nSPS) is 13.7. The lowest BCUT2D eigenvalue weighted by molar-refractivity contribution is -0.132. The van der Waals surface area contributed by atoms with Crippen molar-refractivity contribution in [2.45, 2.75) is 32.9 Å². The number of amides is 2. The van der Waals surface area contributed by atoms with Crippen molar-refractivity contribution in [2.75, 3.05) is 0 Å². The molecule has 1 aromatic carbocycles. The van der Waals surface area contributed by atoms with Crippen molar-refractivity contribution in [3.8, 4) is 5.75 Å². The highest BCUT2D eigenvalue weighted by atomic mass is 79.9. The van der Waals surface area contributed by atoms with Crippen molar-refractivity contribution >= 4 is 27.7 Å². The number of ether oxygens (including phenoxy) is 1. The van der Waals surface area contributed by atoms with E-state index < -0.39 is 18.1 Å². The molecular weight excluding hydrogens is 324 g/mol. The van der Waals surface area contributed by atoms with Crippen molar-refractivity contribution in [1.29, 1.82) is 0 Å². The molecular formula is C14H19BrN2O3. The van der Waals surface area contributed by atoms with Crippen LogP contribution in [0.4, 0.5) is 0 Å². The Labute approximate surface area is 127 Å². The van der Waals surface area contributed by atoms with Crippen LogP contribution in [-0.2, 0) is 9.59 Å². The number of carbonyl (C=O) groups excluding carboxylic acids is 2. The maximum absolute atomic E-state index is 12.0. The summed E-state index contributed by atoms with van der Waals surface area (Å²) in [6, 6.07) is 6.49. The molecule has 5 nitrogen and oxygen atoms in total. The molecule has 0 spiro atoms. The van der Waals surface area contributed by atoms with Crippen molar-refractivity contribution in [3.63, 3.8) is 0 Å². The van der Waals surface area contributed by atoms with Gasteiger partial charge in [0.25, 0.3) is 5.91 Å². The first kappa shape index (κ1) is 16.5. The van der Waals surface area contributed by atoms with Gasteiger partial charge in [-0.2, -0.15) is 0 Å². The van der Waals surface area contributed by atoms with Crippen LogP contribution in [0.5, 0.6) is 5.75 Å². The highest BCUT2D eigenvalue weighted by molar-refractivity contribution is 9.10. The van der Waals surface area contributed by atoms with Crippen LogP contribution in [-0.4, -0.2) is 24.0 Å². The monoisotopic (exact) mass is 342 g/mol. The average molecular weight is 343 g/mol. The number of hydrogen-bond donors (Lipinski definition) is 2. The number of rotatable bonds is 6. The number of primary amides is 1. The molecule has 110 valence electrons. The summed E-state index contributed by atoms with van der Waals surface area (Å²) >= 11 is 3.33. The minimum absolute atomic E-state index is 0.0745. The number of nitrogens with one attached hydrogen (secondary N) is 1. The maximum Gasteiger partial charge on any atom is 0.261 e. The molecule has 1 rings (SSSR count). The largest absolute Gasteiger partial charge is 0.481 e. The lowest BCUT2D eigenvalue weighted by Crippen LogP contribution is -2.51. The fourth-order valence-electron chi connectivity index (χ4n) is 1.63. The van der Waals surface area contributed by atoms with Crippen LogP contribution in [0.1, 0.15) is 20.8 Å². The Kier molecular flexibility index (Phi) is 6.01. The zero-order valence-corrected chi connectivity index (χ0v) is 13.3. The van der Waals surface area contributed by atoms with Crippen LogP contribution in [0.25, 0.3) is 0 Å². The van der Waals surface area contributed by atoms with Gasteiger partial charge in [0.05, 0.1) is 0 Å². The molecule has 0 bridgehead atoms. The van der Waals surface area contributed by atoms with Crippen LogP contribution in [0.3, 0.4) is 0 Å². The van der Waals surface area contributed by atoms with Gasteiger partial charge in [-0.1, -0.05) is 35.8 Å². The van der Waals surface area contributed by atoms with Crippen molar-refractivity contribution < 1.29 is 14.3 Å². The molecule has 0 aromatic heterocycles. The Morgan fingerprint density at radius 1 is 1.30 bits per heavy atom. The number of nitrogens with two attached hydrogens (primary N) is 1. The van der Waals surface area contributed by atoms with Gasteiger partial charge in [0.15, 0.2) is 6.10 Å². The van der Waals surface area contributed by atoms with Gasteiger partial charge in [0, 0.05) is 4.47 Å². The van der Waals surface area contributed by atoms with E-state index in [2.05, 4.69) is 21.2 Å². The second kappa shape index (κ2) is 7.28. The summed E-state index contributed by atoms with van der Waals surface area (Å²) in [6.07, 6.45) is -0.718. The molecule has 0 aliphatic rings. The highest BCUT2D eigenvalue weighted by Gasteiger charge is 2.25. The summed E-state index contributed by atoms with van der Waals surface area (Å²) < 4.78 is 6.38. The second-order valence-electron chi connectivity index (χ2n) is 4.85. The third-order valence-electron chi connectivity index (χ3n) is 2.75. The van der Waals surface area contributed by atoms with Gasteiger partial charge in [-0.3, -0.25) is 9.59 Å². The van der Waals surface area contributed by atoms with E-state index in [-0.39, 0.29) is 11.8 Å². The molecule has 0 saturated carbocycles. The number of hydrogen-bond acceptors (Lipinski definition) is 3. The van der Waals surface area contributed by atoms with Gasteiger partial charge in [-0.05, 0) is 31.0 Å². The summed E-state index contributed by atoms with van der Waals surface area (Å²) in [4.78, 5) is 23.3. The zero-order valence-electron chi connectivity index (χ0n) is 11.7. The van der Waals surface area contributed by atoms with Gasteiger partial charge in [-0.15, -0.1) is 0 Å². The van der Waals surface area contributed by atoms with Crippen LogP contribution < -0.4 is 15.8 Å². The van der Waals surface area contributed by atoms with E-state index in [9.17, 15) is 9.59 Å². The predicted octanol–water partition coefficient (Wildman–Crippen LogP) is 1.84. The molecule has 20 heavy (non-hydrogen) atoms. The van der Waals surface area contributed by atoms with Gasteiger partial charge >= 0.3 is 0 Å². The third kappa shape index (κ3) is 4.85. The lowest BCUT2D eigenvalue weighted by Gasteiger charge is -2.21. The van der Waals surface area contributed by atoms with E-state index in [1.807, 2.05) is 26.0 Å². The van der Waals surface area contributed by atoms with E-state index in [0.717, 1.165) is 4.47 Å². The molecule has 6 heteroatoms. The van der Waals surface area contributed by atoms with Crippen molar-refractivity contribution in [3.05, 3.63) is 28.7 Å². The first-order chi connectivity index (χ1) is 9.31. The van der Waals surface area contributed by atoms with Crippen LogP contribution >= 0.6 is 15.9 Å². The summed E-state index contributed by atoms with van der Waals surface area (Å²) in [5.74, 6) is -0.429. The average Bonchev–Trinajstić information content (AvgIpc) is 2.34. The number of benzene rings is 1. The Balaban J connectivity index is 2.65. The smallest absolute Gasteiger partial charge is 0.261 e. The first-order valence-electron chi connectivity index (χ1n) is 6.33. The fourth-order valence-corrected chi connectivity index (χ4v) is 2.01. The molecule has 3 N–H and O–H groups in total. The molecule has 1 aromatic rings. The topological polar surface area (TPSA) is 81.4 Å². The molecule has 0 radical (unpaired) electrons. The van der Waals surface area contributed by atoms with E-state index in [4.69, 9.17) is 10.5 Å². The van der Waals surface area contributed by atoms with E-state index in [0.29, 0.717) is 5.75 Å². The van der Waals surface area contributed by atoms with E-state index in [1.54, 1.807) is 19.1 Å². The molecule has 0 saturated heterocycles. The van der Waals surface area contributed by atoms with Gasteiger partial charge in [0.1, 0.15) is 11.8 Å². The molecule has 0 fully saturated rings. The molecule has 0 aliphatic carbocycles. The SMILES string of the molecule is CC(C)[C@H](NC(=O)[C@@H](C)Oc1cccc(Br)c1)C(N)=O. The first-order valence-corrected chi connectivity index (χ1v) is 7.12. The molecule has 2 amide bonds. The Morgan fingerprint density at radius 3 is 2.45 bits per heavy atom. The van der Waals surface area contributed by atoms with Crippen molar-refractivity contribution in [1.82, 2.24) is 5.32 Å². The Bertz CT molecular complexity index is 491. The van der Waals surface area contributed by atoms with Crippen molar-refractivity contribution in [2.24, 2.45) is 11.7 Å². The summed E-state index contributed by atoms with van der Waals surface area (Å²) in [6.45, 7) is 5.25. The van der Waals surface area contributed by atoms with Gasteiger partial charge in [-0.25, -0.2) is 0 Å². The quantitative estimate of drug-likeness (QED) is 0.827. The maximum atomic E-state index is 12.0. The standard InChI is InChI=1S/C14H19BrN2O3/c1-8(2)12(13(16)18)17-14(19)9(3)20-11-6-4-5-10(15)7-11/h4-9,12H,1-3H3,(H2,16,18)(H,17,19)/t9-,12+/m1/s1. The predicted molar refractivity (Wildman–Crippen MR) is 80.2 cm³/mol. The summed E-state index contributed by atoms with van der Waals surface area (Å²) in [7, 11) is 0. The van der Waals surface area contributed by atoms with Crippen LogP contribution in [0.2, 0.25) is 0 Å². The Morgan fingerprint density at radius 2 is 1.95 bits per heavy atom. The minimum atomic E-state index is -0.718. The molecule has 0 aliphatic heterocycles. The summed E-state index contributed by atoms with van der Waals surface area (Å²) in [5.41, 5.74) is 5.26. The Hall–Kier alpha value is -1.56. The second-order valence-corrected chi connectivity index (χ2v) is 5.77. The zero-order chi connectivity index (χ0) is 15.3. The van der Waals surface area contributed by atoms with Crippen LogP contribution in [0.15, 0.2) is 28.7 Å². The molecule has 2 atom stereocenters. The number of halogens is 1. The van der Waals surface area contributed by atoms with Crippen LogP contribution in [0, 0.1) is 5.92 Å². The lowest BCUT2D eigenvalue weighted by atomic mass is 10.0. The third-order valence-corrected chi connectivity index (χ3v) is 3.24. The fraction of sp³-hybridized carbons (Fsp3) is 0.429. The summed E-state index contributed by atoms with van der Waals surface area (Å²) in [5, 5.41) is 2.60. The van der Waals surface area contributed by atoms with Gasteiger partial charge in [0.2, 0.25) is 5.91 Å². The highest BCUT2D eigenvalue weighted by Crippen LogP contribution is 2.19. The van der Waals surface area contributed by atoms with E-state index in [1.165, 1.54) is 0 Å². The number of carbonyl (C=O) groups is 2. The molecule has 0 heterocycles. The minimum Gasteiger partial charge on any atom is -0.481 e.